The number of thioether (sulfide) groups is 1. The predicted octanol–water partition coefficient (Wildman–Crippen LogP) is 4.45. The van der Waals surface area contributed by atoms with Crippen LogP contribution in [0.4, 0.5) is 5.69 Å². The van der Waals surface area contributed by atoms with Crippen LogP contribution in [0.3, 0.4) is 0 Å². The summed E-state index contributed by atoms with van der Waals surface area (Å²) in [5, 5.41) is 10.3. The fourth-order valence-corrected chi connectivity index (χ4v) is 5.83. The molecule has 0 saturated heterocycles. The molecule has 2 atom stereocenters. The van der Waals surface area contributed by atoms with Gasteiger partial charge in [-0.3, -0.25) is 18.9 Å². The standard InChI is InChI=1S/C23H26N2O5S2/c26-23(24-27)20(12-13-31-15-16-6-2-1-3-7-16)25(32(28)29)17-10-11-19-18-8-4-5-9-21(18)30-22(19)14-17/h1-3,6-7,10-11,14,20,27H,4-5,8-9,12-13,15H2,(H,24,26)(H,28,29). The first-order valence-corrected chi connectivity index (χ1v) is 12.8. The zero-order valence-corrected chi connectivity index (χ0v) is 19.2. The van der Waals surface area contributed by atoms with Gasteiger partial charge in [0.05, 0.1) is 5.69 Å². The third-order valence-electron chi connectivity index (χ3n) is 5.71. The Kier molecular flexibility index (Phi) is 7.51. The number of anilines is 1. The summed E-state index contributed by atoms with van der Waals surface area (Å²) in [5.74, 6) is 1.58. The highest BCUT2D eigenvalue weighted by Crippen LogP contribution is 2.35. The van der Waals surface area contributed by atoms with Crippen molar-refractivity contribution in [3.05, 3.63) is 65.4 Å². The predicted molar refractivity (Wildman–Crippen MR) is 127 cm³/mol. The smallest absolute Gasteiger partial charge is 0.267 e. The van der Waals surface area contributed by atoms with Crippen molar-refractivity contribution >= 4 is 45.6 Å². The SMILES string of the molecule is O=C(NO)C(CCSCc1ccccc1)N(c1ccc2c3c(oc2c1)CCCC3)S(=O)O. The average Bonchev–Trinajstić information content (AvgIpc) is 3.18. The average molecular weight is 475 g/mol. The number of hydrogen-bond acceptors (Lipinski definition) is 5. The summed E-state index contributed by atoms with van der Waals surface area (Å²) in [4.78, 5) is 12.4. The molecule has 0 saturated carbocycles. The van der Waals surface area contributed by atoms with Crippen LogP contribution in [-0.4, -0.2) is 31.7 Å². The van der Waals surface area contributed by atoms with Crippen LogP contribution in [0.5, 0.6) is 0 Å². The van der Waals surface area contributed by atoms with E-state index in [9.17, 15) is 18.8 Å². The normalized spacial score (nSPS) is 15.2. The molecule has 1 aliphatic carbocycles. The number of nitrogens with one attached hydrogen (secondary N) is 1. The largest absolute Gasteiger partial charge is 0.461 e. The maximum atomic E-state index is 12.4. The molecule has 3 aromatic rings. The number of rotatable bonds is 9. The number of carbonyl (C=O) groups is 1. The number of amides is 1. The Balaban J connectivity index is 1.54. The molecule has 1 aliphatic rings. The molecule has 0 radical (unpaired) electrons. The number of hydrogen-bond donors (Lipinski definition) is 3. The van der Waals surface area contributed by atoms with Gasteiger partial charge in [-0.1, -0.05) is 30.3 Å². The summed E-state index contributed by atoms with van der Waals surface area (Å²) in [6.45, 7) is 0. The molecule has 1 heterocycles. The zero-order chi connectivity index (χ0) is 22.5. The van der Waals surface area contributed by atoms with Crippen molar-refractivity contribution in [1.82, 2.24) is 5.48 Å². The van der Waals surface area contributed by atoms with Crippen LogP contribution in [0.25, 0.3) is 11.0 Å². The summed E-state index contributed by atoms with van der Waals surface area (Å²) < 4.78 is 29.5. The zero-order valence-electron chi connectivity index (χ0n) is 17.5. The molecule has 3 N–H and O–H groups in total. The fourth-order valence-electron chi connectivity index (χ4n) is 4.16. The number of aryl methyl sites for hydroxylation is 2. The molecule has 170 valence electrons. The van der Waals surface area contributed by atoms with Gasteiger partial charge in [-0.25, -0.2) is 9.69 Å². The number of furan rings is 1. The number of fused-ring (bicyclic) bond motifs is 3. The lowest BCUT2D eigenvalue weighted by Crippen LogP contribution is -2.47. The summed E-state index contributed by atoms with van der Waals surface area (Å²) in [6.07, 6.45) is 4.35. The Hall–Kier alpha value is -2.33. The molecule has 9 heteroatoms. The van der Waals surface area contributed by atoms with Crippen LogP contribution < -0.4 is 9.79 Å². The molecule has 0 spiro atoms. The second kappa shape index (κ2) is 10.5. The Morgan fingerprint density at radius 1 is 1.19 bits per heavy atom. The van der Waals surface area contributed by atoms with E-state index in [-0.39, 0.29) is 6.42 Å². The topological polar surface area (TPSA) is 103 Å². The molecular formula is C23H26N2O5S2. The summed E-state index contributed by atoms with van der Waals surface area (Å²) >= 11 is -0.850. The Bertz CT molecular complexity index is 1100. The molecular weight excluding hydrogens is 448 g/mol. The second-order valence-corrected chi connectivity index (χ2v) is 9.73. The highest BCUT2D eigenvalue weighted by Gasteiger charge is 2.31. The summed E-state index contributed by atoms with van der Waals surface area (Å²) in [7, 11) is 0. The lowest BCUT2D eigenvalue weighted by Gasteiger charge is -2.28. The van der Waals surface area contributed by atoms with Crippen molar-refractivity contribution in [2.75, 3.05) is 10.1 Å². The van der Waals surface area contributed by atoms with Crippen LogP contribution in [0.1, 0.15) is 36.1 Å². The van der Waals surface area contributed by atoms with E-state index < -0.39 is 23.2 Å². The Morgan fingerprint density at radius 3 is 2.72 bits per heavy atom. The Labute approximate surface area is 193 Å². The number of carbonyl (C=O) groups excluding carboxylic acids is 1. The fraction of sp³-hybridized carbons (Fsp3) is 0.348. The maximum absolute atomic E-state index is 12.4. The molecule has 1 amide bonds. The first-order valence-electron chi connectivity index (χ1n) is 10.6. The monoisotopic (exact) mass is 474 g/mol. The molecule has 0 aliphatic heterocycles. The van der Waals surface area contributed by atoms with Gasteiger partial charge < -0.3 is 4.42 Å². The van der Waals surface area contributed by atoms with Crippen molar-refractivity contribution in [2.45, 2.75) is 43.9 Å². The highest BCUT2D eigenvalue weighted by molar-refractivity contribution is 7.98. The molecule has 2 aromatic carbocycles. The van der Waals surface area contributed by atoms with E-state index in [0.29, 0.717) is 17.0 Å². The minimum atomic E-state index is -2.47. The van der Waals surface area contributed by atoms with E-state index in [1.165, 1.54) is 5.56 Å². The minimum Gasteiger partial charge on any atom is -0.461 e. The van der Waals surface area contributed by atoms with Gasteiger partial charge in [0.1, 0.15) is 17.4 Å². The van der Waals surface area contributed by atoms with Gasteiger partial charge in [-0.15, -0.1) is 0 Å². The first-order chi connectivity index (χ1) is 15.6. The van der Waals surface area contributed by atoms with Crippen LogP contribution in [0, 0.1) is 0 Å². The van der Waals surface area contributed by atoms with Crippen molar-refractivity contribution in [3.63, 3.8) is 0 Å². The summed E-state index contributed by atoms with van der Waals surface area (Å²) in [5.41, 5.74) is 5.05. The molecule has 0 bridgehead atoms. The van der Waals surface area contributed by atoms with Crippen molar-refractivity contribution in [2.24, 2.45) is 0 Å². The van der Waals surface area contributed by atoms with Crippen LogP contribution in [-0.2, 0) is 34.7 Å². The molecule has 7 nitrogen and oxygen atoms in total. The third-order valence-corrected chi connectivity index (χ3v) is 7.57. The number of benzene rings is 2. The van der Waals surface area contributed by atoms with E-state index in [0.717, 1.165) is 52.5 Å². The van der Waals surface area contributed by atoms with Gasteiger partial charge in [0.2, 0.25) is 0 Å². The molecule has 1 aromatic heterocycles. The van der Waals surface area contributed by atoms with Gasteiger partial charge in [-0.05, 0) is 49.1 Å². The molecule has 4 rings (SSSR count). The Morgan fingerprint density at radius 2 is 1.97 bits per heavy atom. The molecule has 32 heavy (non-hydrogen) atoms. The van der Waals surface area contributed by atoms with E-state index in [4.69, 9.17) is 4.42 Å². The van der Waals surface area contributed by atoms with E-state index >= 15 is 0 Å². The lowest BCUT2D eigenvalue weighted by molar-refractivity contribution is -0.130. The van der Waals surface area contributed by atoms with Crippen molar-refractivity contribution < 1.29 is 23.2 Å². The summed E-state index contributed by atoms with van der Waals surface area (Å²) in [6, 6.07) is 14.2. The van der Waals surface area contributed by atoms with E-state index in [1.54, 1.807) is 29.4 Å². The van der Waals surface area contributed by atoms with Gasteiger partial charge in [0.15, 0.2) is 0 Å². The maximum Gasteiger partial charge on any atom is 0.267 e. The van der Waals surface area contributed by atoms with Gasteiger partial charge in [0, 0.05) is 29.2 Å². The molecule has 0 fully saturated rings. The quantitative estimate of drug-likeness (QED) is 0.183. The first kappa shape index (κ1) is 22.8. The highest BCUT2D eigenvalue weighted by atomic mass is 32.2. The van der Waals surface area contributed by atoms with E-state index in [2.05, 4.69) is 0 Å². The van der Waals surface area contributed by atoms with Crippen molar-refractivity contribution in [3.8, 4) is 0 Å². The van der Waals surface area contributed by atoms with Crippen LogP contribution in [0.15, 0.2) is 52.9 Å². The minimum absolute atomic E-state index is 0.281. The van der Waals surface area contributed by atoms with Gasteiger partial charge in [0.25, 0.3) is 17.2 Å². The van der Waals surface area contributed by atoms with Crippen molar-refractivity contribution in [1.29, 1.82) is 0 Å². The molecule has 2 unspecified atom stereocenters. The van der Waals surface area contributed by atoms with Gasteiger partial charge >= 0.3 is 0 Å². The number of hydroxylamine groups is 1. The third kappa shape index (κ3) is 5.01. The van der Waals surface area contributed by atoms with Crippen LogP contribution in [0.2, 0.25) is 0 Å². The second-order valence-electron chi connectivity index (χ2n) is 7.77. The number of nitrogens with zero attached hydrogens (tertiary/aromatic N) is 1. The van der Waals surface area contributed by atoms with E-state index in [1.807, 2.05) is 36.4 Å². The lowest BCUT2D eigenvalue weighted by atomic mass is 9.96. The van der Waals surface area contributed by atoms with Gasteiger partial charge in [-0.2, -0.15) is 11.8 Å². The van der Waals surface area contributed by atoms with Crippen LogP contribution >= 0.6 is 11.8 Å².